The molecule has 1 N–H and O–H groups in total. The second-order valence-electron chi connectivity index (χ2n) is 9.70. The number of ether oxygens (including phenoxy) is 2. The van der Waals surface area contributed by atoms with Gasteiger partial charge in [-0.3, -0.25) is 4.79 Å². The fourth-order valence-electron chi connectivity index (χ4n) is 5.62. The predicted octanol–water partition coefficient (Wildman–Crippen LogP) is 4.03. The minimum atomic E-state index is -0.574. The van der Waals surface area contributed by atoms with Gasteiger partial charge in [0.15, 0.2) is 0 Å². The first-order valence-electron chi connectivity index (χ1n) is 11.2. The Bertz CT molecular complexity index is 848. The lowest BCUT2D eigenvalue weighted by Gasteiger charge is -2.51. The number of rotatable bonds is 7. The first-order valence-corrected chi connectivity index (χ1v) is 11.2. The van der Waals surface area contributed by atoms with Gasteiger partial charge in [0.05, 0.1) is 12.4 Å². The normalized spacial score (nSPS) is 33.9. The summed E-state index contributed by atoms with van der Waals surface area (Å²) in [5, 5.41) is 9.99. The van der Waals surface area contributed by atoms with Gasteiger partial charge in [-0.25, -0.2) is 9.59 Å². The molecule has 1 saturated carbocycles. The molecule has 0 saturated heterocycles. The summed E-state index contributed by atoms with van der Waals surface area (Å²) in [7, 11) is 0. The number of esters is 2. The average molecular weight is 431 g/mol. The monoisotopic (exact) mass is 430 g/mol. The largest absolute Gasteiger partial charge is 0.454 e. The van der Waals surface area contributed by atoms with Crippen molar-refractivity contribution in [2.24, 2.45) is 23.2 Å². The molecule has 3 rings (SSSR count). The Morgan fingerprint density at radius 1 is 1.35 bits per heavy atom. The van der Waals surface area contributed by atoms with Crippen LogP contribution in [0.1, 0.15) is 66.7 Å². The molecule has 1 heterocycles. The third kappa shape index (κ3) is 4.69. The van der Waals surface area contributed by atoms with Crippen LogP contribution < -0.4 is 0 Å². The van der Waals surface area contributed by atoms with Gasteiger partial charge in [0.25, 0.3) is 0 Å². The Hall–Kier alpha value is -2.21. The van der Waals surface area contributed by atoms with E-state index in [1.165, 1.54) is 13.2 Å². The number of allylic oxidation sites excluding steroid dienone is 2. The molecule has 2 bridgehead atoms. The zero-order valence-electron chi connectivity index (χ0n) is 19.1. The zero-order chi connectivity index (χ0) is 22.9. The Labute approximate surface area is 184 Å². The summed E-state index contributed by atoms with van der Waals surface area (Å²) in [5.41, 5.74) is 1.93. The first kappa shape index (κ1) is 23.5. The summed E-state index contributed by atoms with van der Waals surface area (Å²) in [5.74, 6) is -0.712. The highest BCUT2D eigenvalue weighted by Gasteiger charge is 2.55. The van der Waals surface area contributed by atoms with Gasteiger partial charge in [-0.2, -0.15) is 0 Å². The fraction of sp³-hybridized carbons (Fsp3) is 0.640. The van der Waals surface area contributed by atoms with E-state index in [1.807, 2.05) is 6.08 Å². The van der Waals surface area contributed by atoms with Crippen molar-refractivity contribution in [2.75, 3.05) is 0 Å². The highest BCUT2D eigenvalue weighted by Crippen LogP contribution is 2.60. The summed E-state index contributed by atoms with van der Waals surface area (Å²) >= 11 is 0. The van der Waals surface area contributed by atoms with Gasteiger partial charge < -0.3 is 14.6 Å². The fourth-order valence-corrected chi connectivity index (χ4v) is 5.62. The third-order valence-electron chi connectivity index (χ3n) is 7.24. The number of carbonyl (C=O) groups is 3. The highest BCUT2D eigenvalue weighted by atomic mass is 16.5. The zero-order valence-corrected chi connectivity index (χ0v) is 19.1. The van der Waals surface area contributed by atoms with Crippen molar-refractivity contribution in [3.05, 3.63) is 35.1 Å². The minimum Gasteiger partial charge on any atom is -0.454 e. The van der Waals surface area contributed by atoms with E-state index < -0.39 is 18.2 Å². The molecule has 1 unspecified atom stereocenters. The van der Waals surface area contributed by atoms with Crippen molar-refractivity contribution < 1.29 is 29.0 Å². The minimum absolute atomic E-state index is 0.0188. The summed E-state index contributed by atoms with van der Waals surface area (Å²) in [6, 6.07) is 0. The van der Waals surface area contributed by atoms with Crippen LogP contribution in [0, 0.1) is 23.2 Å². The van der Waals surface area contributed by atoms with E-state index in [4.69, 9.17) is 9.47 Å². The van der Waals surface area contributed by atoms with Crippen LogP contribution in [0.15, 0.2) is 35.1 Å². The van der Waals surface area contributed by atoms with Crippen LogP contribution in [-0.2, 0) is 23.9 Å². The molecule has 6 atom stereocenters. The Morgan fingerprint density at radius 3 is 2.68 bits per heavy atom. The molecule has 3 aliphatic rings. The summed E-state index contributed by atoms with van der Waals surface area (Å²) in [6.07, 6.45) is 7.40. The molecule has 6 heteroatoms. The maximum absolute atomic E-state index is 12.9. The maximum atomic E-state index is 12.9. The maximum Gasteiger partial charge on any atom is 0.338 e. The van der Waals surface area contributed by atoms with Crippen LogP contribution in [-0.4, -0.2) is 35.0 Å². The van der Waals surface area contributed by atoms with Crippen molar-refractivity contribution >= 4 is 17.7 Å². The third-order valence-corrected chi connectivity index (χ3v) is 7.24. The average Bonchev–Trinajstić information content (AvgIpc) is 3.00. The van der Waals surface area contributed by atoms with E-state index in [0.717, 1.165) is 24.8 Å². The van der Waals surface area contributed by atoms with E-state index in [9.17, 15) is 19.5 Å². The lowest BCUT2D eigenvalue weighted by Crippen LogP contribution is -2.44. The van der Waals surface area contributed by atoms with Crippen LogP contribution in [0.2, 0.25) is 0 Å². The van der Waals surface area contributed by atoms with Crippen molar-refractivity contribution in [3.63, 3.8) is 0 Å². The Balaban J connectivity index is 2.00. The predicted molar refractivity (Wildman–Crippen MR) is 116 cm³/mol. The molecule has 31 heavy (non-hydrogen) atoms. The topological polar surface area (TPSA) is 89.9 Å². The van der Waals surface area contributed by atoms with Crippen LogP contribution in [0.3, 0.4) is 0 Å². The molecule has 170 valence electrons. The van der Waals surface area contributed by atoms with E-state index in [2.05, 4.69) is 6.92 Å². The van der Waals surface area contributed by atoms with Gasteiger partial charge in [0.1, 0.15) is 11.9 Å². The molecule has 0 amide bonds. The molecule has 1 aliphatic heterocycles. The molecule has 0 aromatic heterocycles. The van der Waals surface area contributed by atoms with E-state index in [0.29, 0.717) is 17.6 Å². The van der Waals surface area contributed by atoms with Crippen molar-refractivity contribution in [1.82, 2.24) is 0 Å². The molecule has 0 aromatic carbocycles. The number of hydrogen-bond acceptors (Lipinski definition) is 6. The molecular formula is C25H34O6. The first-order chi connectivity index (χ1) is 14.6. The van der Waals surface area contributed by atoms with Gasteiger partial charge >= 0.3 is 11.9 Å². The Kier molecular flexibility index (Phi) is 6.89. The summed E-state index contributed by atoms with van der Waals surface area (Å²) in [6.45, 7) is 8.95. The number of carbonyl (C=O) groups excluding carboxylic acids is 3. The molecule has 0 aromatic rings. The second kappa shape index (κ2) is 9.11. The van der Waals surface area contributed by atoms with Gasteiger partial charge in [0.2, 0.25) is 0 Å². The van der Waals surface area contributed by atoms with Crippen LogP contribution in [0.5, 0.6) is 0 Å². The molecule has 0 radical (unpaired) electrons. The van der Waals surface area contributed by atoms with Gasteiger partial charge in [-0.05, 0) is 82.3 Å². The number of aliphatic hydroxyl groups excluding tert-OH is 1. The number of aliphatic hydroxyl groups is 1. The lowest BCUT2D eigenvalue weighted by molar-refractivity contribution is -0.141. The van der Waals surface area contributed by atoms with Gasteiger partial charge in [0, 0.05) is 23.5 Å². The smallest absolute Gasteiger partial charge is 0.338 e. The number of Topliss-reactive ketones (excluding diaryl/α,β-unsaturated/α-hetero) is 1. The molecule has 1 fully saturated rings. The summed E-state index contributed by atoms with van der Waals surface area (Å²) in [4.78, 5) is 36.9. The van der Waals surface area contributed by atoms with Crippen LogP contribution in [0.4, 0.5) is 0 Å². The lowest BCUT2D eigenvalue weighted by atomic mass is 9.52. The SMILES string of the molecule is C/C=C(\C)C(=O)O/C=C/[C@H]1C2=C(C(=O)O[C@H]2CC(C)=O)[C@H]2C[C@]1(C)CC[C@@H]2CC(C)O. The highest BCUT2D eigenvalue weighted by molar-refractivity contribution is 5.94. The standard InChI is InChI=1S/C25H34O6/c1-6-14(2)23(28)30-10-8-19-22-20(12-16(4)27)31-24(29)21(22)18-13-25(19,5)9-7-17(18)11-15(3)26/h6,8,10,15,17-20,26H,7,9,11-13H2,1-5H3/b10-8+,14-6+/t15?,17-,18+,19+,20+,25+/m1/s1. The molecule has 6 nitrogen and oxygen atoms in total. The number of cyclic esters (lactones) is 1. The van der Waals surface area contributed by atoms with Gasteiger partial charge in [-0.15, -0.1) is 0 Å². The van der Waals surface area contributed by atoms with Crippen LogP contribution in [0.25, 0.3) is 0 Å². The number of fused-ring (bicyclic) bond motifs is 3. The van der Waals surface area contributed by atoms with E-state index in [-0.39, 0.29) is 41.3 Å². The summed E-state index contributed by atoms with van der Waals surface area (Å²) < 4.78 is 11.0. The van der Waals surface area contributed by atoms with E-state index >= 15 is 0 Å². The number of ketones is 1. The molecule has 0 spiro atoms. The van der Waals surface area contributed by atoms with Crippen molar-refractivity contribution in [1.29, 1.82) is 0 Å². The Morgan fingerprint density at radius 2 is 2.06 bits per heavy atom. The second-order valence-corrected chi connectivity index (χ2v) is 9.70. The number of hydrogen-bond donors (Lipinski definition) is 1. The van der Waals surface area contributed by atoms with E-state index in [1.54, 1.807) is 26.8 Å². The molecule has 2 aliphatic carbocycles. The molecular weight excluding hydrogens is 396 g/mol. The van der Waals surface area contributed by atoms with Gasteiger partial charge in [-0.1, -0.05) is 13.0 Å². The quantitative estimate of drug-likeness (QED) is 0.373. The van der Waals surface area contributed by atoms with Crippen molar-refractivity contribution in [2.45, 2.75) is 78.9 Å². The van der Waals surface area contributed by atoms with Crippen LogP contribution >= 0.6 is 0 Å². The van der Waals surface area contributed by atoms with Crippen molar-refractivity contribution in [3.8, 4) is 0 Å².